The summed E-state index contributed by atoms with van der Waals surface area (Å²) in [5, 5.41) is 11.0. The molecule has 0 saturated heterocycles. The van der Waals surface area contributed by atoms with Crippen molar-refractivity contribution in [2.45, 2.75) is 118 Å². The molecule has 0 spiro atoms. The Hall–Kier alpha value is -1.61. The number of hydrogen-bond donors (Lipinski definition) is 1. The van der Waals surface area contributed by atoms with Crippen LogP contribution in [0.15, 0.2) is 42.5 Å². The second kappa shape index (κ2) is 9.45. The van der Waals surface area contributed by atoms with Gasteiger partial charge in [0.15, 0.2) is 0 Å². The molecule has 0 aliphatic heterocycles. The summed E-state index contributed by atoms with van der Waals surface area (Å²) in [7, 11) is 0. The number of aliphatic hydroxyl groups excluding tert-OH is 1. The molecular weight excluding hydrogens is 492 g/mol. The van der Waals surface area contributed by atoms with Gasteiger partial charge in [-0.1, -0.05) is 77.1 Å². The van der Waals surface area contributed by atoms with Crippen molar-refractivity contribution < 1.29 is 14.6 Å². The van der Waals surface area contributed by atoms with Crippen molar-refractivity contribution in [2.75, 3.05) is 0 Å². The minimum absolute atomic E-state index is 0.0210. The van der Waals surface area contributed by atoms with Gasteiger partial charge in [0, 0.05) is 0 Å². The Balaban J connectivity index is 1.34. The van der Waals surface area contributed by atoms with Gasteiger partial charge in [-0.15, -0.1) is 0 Å². The number of ether oxygens (including phenoxy) is 1. The Morgan fingerprint density at radius 1 is 0.875 bits per heavy atom. The van der Waals surface area contributed by atoms with E-state index in [1.54, 1.807) is 0 Å². The molecule has 5 fully saturated rings. The second-order valence-electron chi connectivity index (χ2n) is 16.3. The summed E-state index contributed by atoms with van der Waals surface area (Å²) in [5.41, 5.74) is 2.67. The SMILES string of the molecule is C=C(C)[C@@H]1CC[C@]2(C(=O)OCc3ccccc3)CC[C@]3(C)C(CCC4[C@@]5(C)CC[C@H](O)C(C)(C)C5CC[C@]43C)C12. The van der Waals surface area contributed by atoms with Crippen LogP contribution in [0.4, 0.5) is 0 Å². The average molecular weight is 547 g/mol. The van der Waals surface area contributed by atoms with E-state index in [0.717, 1.165) is 44.1 Å². The van der Waals surface area contributed by atoms with Gasteiger partial charge in [-0.3, -0.25) is 4.79 Å². The summed E-state index contributed by atoms with van der Waals surface area (Å²) in [5.74, 6) is 2.57. The van der Waals surface area contributed by atoms with Gasteiger partial charge in [0.1, 0.15) is 6.61 Å². The van der Waals surface area contributed by atoms with E-state index in [2.05, 4.69) is 60.3 Å². The summed E-state index contributed by atoms with van der Waals surface area (Å²) in [6.07, 6.45) is 10.9. The van der Waals surface area contributed by atoms with Crippen molar-refractivity contribution in [2.24, 2.45) is 56.7 Å². The van der Waals surface area contributed by atoms with E-state index >= 15 is 0 Å². The number of rotatable bonds is 4. The number of hydrogen-bond acceptors (Lipinski definition) is 3. The predicted molar refractivity (Wildman–Crippen MR) is 161 cm³/mol. The maximum absolute atomic E-state index is 14.1. The first-order valence-electron chi connectivity index (χ1n) is 16.4. The van der Waals surface area contributed by atoms with Gasteiger partial charge < -0.3 is 9.84 Å². The van der Waals surface area contributed by atoms with E-state index in [-0.39, 0.29) is 39.1 Å². The van der Waals surface area contributed by atoms with Crippen molar-refractivity contribution in [3.8, 4) is 0 Å². The first kappa shape index (κ1) is 28.5. The van der Waals surface area contributed by atoms with Crippen LogP contribution in [0.3, 0.4) is 0 Å². The highest BCUT2D eigenvalue weighted by Crippen LogP contribution is 2.77. The Kier molecular flexibility index (Phi) is 6.73. The quantitative estimate of drug-likeness (QED) is 0.303. The lowest BCUT2D eigenvalue weighted by atomic mass is 9.32. The highest BCUT2D eigenvalue weighted by molar-refractivity contribution is 5.78. The summed E-state index contributed by atoms with van der Waals surface area (Å²) in [6.45, 7) is 19.6. The summed E-state index contributed by atoms with van der Waals surface area (Å²) < 4.78 is 6.17. The fourth-order valence-electron chi connectivity index (χ4n) is 12.4. The largest absolute Gasteiger partial charge is 0.460 e. The van der Waals surface area contributed by atoms with Crippen LogP contribution < -0.4 is 0 Å². The van der Waals surface area contributed by atoms with E-state index in [1.807, 2.05) is 18.2 Å². The molecule has 0 heterocycles. The van der Waals surface area contributed by atoms with E-state index in [0.29, 0.717) is 36.2 Å². The van der Waals surface area contributed by atoms with E-state index in [1.165, 1.54) is 31.3 Å². The molecule has 220 valence electrons. The number of esters is 1. The molecule has 0 amide bonds. The van der Waals surface area contributed by atoms with Crippen LogP contribution in [-0.4, -0.2) is 17.2 Å². The molecule has 3 heteroatoms. The van der Waals surface area contributed by atoms with Gasteiger partial charge in [-0.2, -0.15) is 0 Å². The molecule has 40 heavy (non-hydrogen) atoms. The molecule has 5 aliphatic rings. The molecule has 4 unspecified atom stereocenters. The normalized spacial score (nSPS) is 47.3. The van der Waals surface area contributed by atoms with Gasteiger partial charge >= 0.3 is 5.97 Å². The maximum atomic E-state index is 14.1. The van der Waals surface area contributed by atoms with Crippen LogP contribution in [0.1, 0.15) is 111 Å². The van der Waals surface area contributed by atoms with Crippen molar-refractivity contribution in [3.63, 3.8) is 0 Å². The van der Waals surface area contributed by atoms with E-state index in [4.69, 9.17) is 4.74 Å². The molecule has 3 nitrogen and oxygen atoms in total. The zero-order valence-electron chi connectivity index (χ0n) is 26.1. The minimum atomic E-state index is -0.371. The van der Waals surface area contributed by atoms with Crippen molar-refractivity contribution in [1.29, 1.82) is 0 Å². The average Bonchev–Trinajstić information content (AvgIpc) is 3.32. The third-order valence-corrected chi connectivity index (χ3v) is 14.7. The molecule has 1 aromatic carbocycles. The third kappa shape index (κ3) is 3.74. The van der Waals surface area contributed by atoms with Gasteiger partial charge in [-0.05, 0) is 128 Å². The number of carbonyl (C=O) groups is 1. The number of carbonyl (C=O) groups excluding carboxylic acids is 1. The smallest absolute Gasteiger partial charge is 0.312 e. The predicted octanol–water partition coefficient (Wildman–Crippen LogP) is 8.75. The van der Waals surface area contributed by atoms with Crippen molar-refractivity contribution in [1.82, 2.24) is 0 Å². The fourth-order valence-corrected chi connectivity index (χ4v) is 12.4. The van der Waals surface area contributed by atoms with Gasteiger partial charge in [0.05, 0.1) is 11.5 Å². The van der Waals surface area contributed by atoms with E-state index in [9.17, 15) is 9.90 Å². The standard InChI is InChI=1S/C37H54O3/c1-24(2)26-15-20-37(32(39)40-23-25-11-9-8-10-12-25)22-21-35(6)27(31(26)37)13-14-29-34(5)18-17-30(38)33(3,4)28(34)16-19-36(29,35)7/h8-12,26-31,38H,1,13-23H2,2-7H3/t26-,27?,28?,29?,30-,31?,34-,35+,36+,37-/m0/s1. The molecule has 1 N–H and O–H groups in total. The van der Waals surface area contributed by atoms with Crippen LogP contribution in [0.5, 0.6) is 0 Å². The number of benzene rings is 1. The summed E-state index contributed by atoms with van der Waals surface area (Å²) in [6, 6.07) is 10.2. The fraction of sp³-hybridized carbons (Fsp3) is 0.757. The lowest BCUT2D eigenvalue weighted by Crippen LogP contribution is -2.67. The van der Waals surface area contributed by atoms with Crippen LogP contribution in [0, 0.1) is 56.7 Å². The van der Waals surface area contributed by atoms with Gasteiger partial charge in [0.2, 0.25) is 0 Å². The Morgan fingerprint density at radius 2 is 1.60 bits per heavy atom. The molecule has 0 radical (unpaired) electrons. The Morgan fingerprint density at radius 3 is 2.30 bits per heavy atom. The van der Waals surface area contributed by atoms with Crippen LogP contribution in [0.25, 0.3) is 0 Å². The highest BCUT2D eigenvalue weighted by Gasteiger charge is 2.72. The zero-order valence-corrected chi connectivity index (χ0v) is 26.1. The van der Waals surface area contributed by atoms with Crippen molar-refractivity contribution in [3.05, 3.63) is 48.0 Å². The highest BCUT2D eigenvalue weighted by atomic mass is 16.5. The molecule has 6 rings (SSSR count). The monoisotopic (exact) mass is 546 g/mol. The van der Waals surface area contributed by atoms with Crippen LogP contribution in [-0.2, 0) is 16.1 Å². The molecule has 5 saturated carbocycles. The molecule has 1 aromatic rings. The first-order valence-corrected chi connectivity index (χ1v) is 16.4. The lowest BCUT2D eigenvalue weighted by molar-refractivity contribution is -0.248. The first-order chi connectivity index (χ1) is 18.8. The Bertz CT molecular complexity index is 1160. The number of aliphatic hydroxyl groups is 1. The lowest BCUT2D eigenvalue weighted by Gasteiger charge is -2.72. The number of allylic oxidation sites excluding steroid dienone is 1. The molecular formula is C37H54O3. The molecule has 0 aromatic heterocycles. The van der Waals surface area contributed by atoms with E-state index < -0.39 is 0 Å². The zero-order chi connectivity index (χ0) is 28.7. The maximum Gasteiger partial charge on any atom is 0.312 e. The molecule has 10 atom stereocenters. The Labute approximate surface area is 243 Å². The van der Waals surface area contributed by atoms with Gasteiger partial charge in [0.25, 0.3) is 0 Å². The summed E-state index contributed by atoms with van der Waals surface area (Å²) >= 11 is 0. The van der Waals surface area contributed by atoms with Crippen LogP contribution in [0.2, 0.25) is 0 Å². The second-order valence-corrected chi connectivity index (χ2v) is 16.3. The third-order valence-electron chi connectivity index (χ3n) is 14.7. The number of fused-ring (bicyclic) bond motifs is 7. The molecule has 0 bridgehead atoms. The van der Waals surface area contributed by atoms with Crippen molar-refractivity contribution >= 4 is 5.97 Å². The molecule has 5 aliphatic carbocycles. The van der Waals surface area contributed by atoms with Gasteiger partial charge in [-0.25, -0.2) is 0 Å². The van der Waals surface area contributed by atoms with Crippen LogP contribution >= 0.6 is 0 Å². The topological polar surface area (TPSA) is 46.5 Å². The summed E-state index contributed by atoms with van der Waals surface area (Å²) in [4.78, 5) is 14.1. The minimum Gasteiger partial charge on any atom is -0.460 e.